The molecule has 0 bridgehead atoms. The predicted molar refractivity (Wildman–Crippen MR) is 126 cm³/mol. The second kappa shape index (κ2) is 8.58. The molecule has 0 spiro atoms. The van der Waals surface area contributed by atoms with Crippen LogP contribution in [0.1, 0.15) is 63.5 Å². The van der Waals surface area contributed by atoms with Gasteiger partial charge in [-0.25, -0.2) is 0 Å². The van der Waals surface area contributed by atoms with Gasteiger partial charge in [-0.3, -0.25) is 4.79 Å². The Morgan fingerprint density at radius 1 is 1.18 bits per heavy atom. The second-order valence-corrected chi connectivity index (χ2v) is 10.7. The van der Waals surface area contributed by atoms with Crippen LogP contribution in [0.25, 0.3) is 0 Å². The van der Waals surface area contributed by atoms with Crippen LogP contribution >= 0.6 is 0 Å². The summed E-state index contributed by atoms with van der Waals surface area (Å²) >= 11 is 0. The average Bonchev–Trinajstić information content (AvgIpc) is 3.51. The number of benzene rings is 2. The molecule has 5 rings (SSSR count). The van der Waals surface area contributed by atoms with Gasteiger partial charge in [0.2, 0.25) is 0 Å². The molecule has 0 aromatic heterocycles. The highest BCUT2D eigenvalue weighted by Gasteiger charge is 2.39. The van der Waals surface area contributed by atoms with E-state index in [-0.39, 0.29) is 23.5 Å². The van der Waals surface area contributed by atoms with Gasteiger partial charge in [0.15, 0.2) is 11.5 Å². The Bertz CT molecular complexity index is 1020. The van der Waals surface area contributed by atoms with E-state index in [4.69, 9.17) is 14.2 Å². The lowest BCUT2D eigenvalue weighted by atomic mass is 9.82. The van der Waals surface area contributed by atoms with E-state index in [1.54, 1.807) is 0 Å². The van der Waals surface area contributed by atoms with Gasteiger partial charge in [-0.15, -0.1) is 0 Å². The van der Waals surface area contributed by atoms with Gasteiger partial charge in [0, 0.05) is 12.0 Å². The Labute approximate surface area is 196 Å². The monoisotopic (exact) mass is 450 g/mol. The van der Waals surface area contributed by atoms with Crippen molar-refractivity contribution in [2.24, 2.45) is 17.8 Å². The number of fused-ring (bicyclic) bond motifs is 1. The maximum Gasteiger partial charge on any atom is 0.306 e. The van der Waals surface area contributed by atoms with Crippen LogP contribution in [0.15, 0.2) is 42.5 Å². The van der Waals surface area contributed by atoms with Gasteiger partial charge in [-0.05, 0) is 81.0 Å². The van der Waals surface area contributed by atoms with Crippen molar-refractivity contribution in [2.75, 3.05) is 6.61 Å². The minimum absolute atomic E-state index is 0.0623. The largest absolute Gasteiger partial charge is 0.493 e. The van der Waals surface area contributed by atoms with Crippen molar-refractivity contribution in [3.05, 3.63) is 53.6 Å². The number of hydrogen-bond donors (Lipinski definition) is 1. The third kappa shape index (κ3) is 4.83. The molecule has 2 aromatic rings. The molecule has 5 heteroatoms. The van der Waals surface area contributed by atoms with E-state index >= 15 is 0 Å². The topological polar surface area (TPSA) is 65.0 Å². The van der Waals surface area contributed by atoms with Crippen molar-refractivity contribution < 1.29 is 24.1 Å². The number of carbonyl (C=O) groups is 1. The van der Waals surface area contributed by atoms with Crippen LogP contribution in [0.5, 0.6) is 17.2 Å². The molecule has 0 radical (unpaired) electrons. The van der Waals surface area contributed by atoms with Gasteiger partial charge < -0.3 is 19.3 Å². The van der Waals surface area contributed by atoms with E-state index in [1.165, 1.54) is 5.56 Å². The zero-order chi connectivity index (χ0) is 23.2. The smallest absolute Gasteiger partial charge is 0.306 e. The fraction of sp³-hybridized carbons (Fsp3) is 0.536. The van der Waals surface area contributed by atoms with Crippen LogP contribution in [-0.4, -0.2) is 29.4 Å². The van der Waals surface area contributed by atoms with Crippen molar-refractivity contribution >= 4 is 5.97 Å². The molecular weight excluding hydrogens is 416 g/mol. The van der Waals surface area contributed by atoms with Crippen molar-refractivity contribution in [3.63, 3.8) is 0 Å². The molecule has 0 saturated heterocycles. The summed E-state index contributed by atoms with van der Waals surface area (Å²) in [6, 6.07) is 14.2. The Morgan fingerprint density at radius 2 is 1.94 bits per heavy atom. The maximum atomic E-state index is 11.6. The first kappa shape index (κ1) is 22.1. The van der Waals surface area contributed by atoms with E-state index in [0.29, 0.717) is 18.4 Å². The Balaban J connectivity index is 1.14. The minimum Gasteiger partial charge on any atom is -0.493 e. The summed E-state index contributed by atoms with van der Waals surface area (Å²) in [6.45, 7) is 6.69. The molecule has 2 aliphatic carbocycles. The second-order valence-electron chi connectivity index (χ2n) is 10.7. The maximum absolute atomic E-state index is 11.6. The SMILES string of the molecule is C[C@H](C(=O)O)C(c1cccc(OCC2CC(Oc3cccc4c3OC(C)(C)C4)C2)c1)C1CC1. The molecule has 0 amide bonds. The van der Waals surface area contributed by atoms with Gasteiger partial charge in [-0.2, -0.15) is 0 Å². The molecule has 2 atom stereocenters. The third-order valence-corrected chi connectivity index (χ3v) is 7.33. The Hall–Kier alpha value is -2.69. The van der Waals surface area contributed by atoms with E-state index in [1.807, 2.05) is 43.3 Å². The molecule has 176 valence electrons. The van der Waals surface area contributed by atoms with Gasteiger partial charge in [0.05, 0.1) is 18.6 Å². The first-order chi connectivity index (χ1) is 15.8. The van der Waals surface area contributed by atoms with Crippen molar-refractivity contribution in [2.45, 2.75) is 70.5 Å². The summed E-state index contributed by atoms with van der Waals surface area (Å²) in [5.74, 6) is 2.48. The summed E-state index contributed by atoms with van der Waals surface area (Å²) in [5.41, 5.74) is 2.13. The lowest BCUT2D eigenvalue weighted by molar-refractivity contribution is -0.142. The van der Waals surface area contributed by atoms with Crippen molar-refractivity contribution in [3.8, 4) is 17.2 Å². The summed E-state index contributed by atoms with van der Waals surface area (Å²) in [6.07, 6.45) is 5.26. The highest BCUT2D eigenvalue weighted by molar-refractivity contribution is 5.71. The molecule has 1 aliphatic heterocycles. The molecule has 2 aromatic carbocycles. The number of aliphatic carboxylic acids is 1. The third-order valence-electron chi connectivity index (χ3n) is 7.33. The van der Waals surface area contributed by atoms with Crippen LogP contribution in [0.4, 0.5) is 0 Å². The lowest BCUT2D eigenvalue weighted by Gasteiger charge is -2.35. The molecule has 33 heavy (non-hydrogen) atoms. The molecule has 1 heterocycles. The normalized spacial score (nSPS) is 24.7. The molecule has 2 saturated carbocycles. The minimum atomic E-state index is -0.725. The number of carboxylic acid groups (broad SMARTS) is 1. The standard InChI is InChI=1S/C28H34O5/c1-17(27(29)30)25(19-10-11-19)20-6-4-8-22(14-20)31-16-18-12-23(13-18)32-24-9-5-7-21-15-28(2,3)33-26(21)24/h4-9,14,17-19,23,25H,10-13,15-16H2,1-3H3,(H,29,30)/t17-,18?,23?,25?/m0/s1. The Kier molecular flexibility index (Phi) is 5.75. The molecule has 1 unspecified atom stereocenters. The number of ether oxygens (including phenoxy) is 3. The van der Waals surface area contributed by atoms with Gasteiger partial charge in [-0.1, -0.05) is 31.2 Å². The average molecular weight is 451 g/mol. The fourth-order valence-corrected chi connectivity index (χ4v) is 5.37. The molecule has 5 nitrogen and oxygen atoms in total. The summed E-state index contributed by atoms with van der Waals surface area (Å²) < 4.78 is 18.5. The first-order valence-electron chi connectivity index (χ1n) is 12.2. The highest BCUT2D eigenvalue weighted by atomic mass is 16.5. The molecule has 3 aliphatic rings. The number of para-hydroxylation sites is 1. The quantitative estimate of drug-likeness (QED) is 0.519. The van der Waals surface area contributed by atoms with Crippen LogP contribution in [-0.2, 0) is 11.2 Å². The number of hydrogen-bond acceptors (Lipinski definition) is 4. The van der Waals surface area contributed by atoms with Gasteiger partial charge >= 0.3 is 5.97 Å². The van der Waals surface area contributed by atoms with Gasteiger partial charge in [0.1, 0.15) is 11.4 Å². The van der Waals surface area contributed by atoms with Crippen molar-refractivity contribution in [1.29, 1.82) is 0 Å². The van der Waals surface area contributed by atoms with E-state index in [9.17, 15) is 9.90 Å². The predicted octanol–water partition coefficient (Wildman–Crippen LogP) is 5.85. The zero-order valence-electron chi connectivity index (χ0n) is 19.8. The van der Waals surface area contributed by atoms with Crippen LogP contribution in [0.2, 0.25) is 0 Å². The summed E-state index contributed by atoms with van der Waals surface area (Å²) in [5, 5.41) is 9.53. The Morgan fingerprint density at radius 3 is 2.67 bits per heavy atom. The van der Waals surface area contributed by atoms with E-state index < -0.39 is 5.97 Å². The highest BCUT2D eigenvalue weighted by Crippen LogP contribution is 2.47. The zero-order valence-corrected chi connectivity index (χ0v) is 19.8. The summed E-state index contributed by atoms with van der Waals surface area (Å²) in [7, 11) is 0. The number of carboxylic acids is 1. The fourth-order valence-electron chi connectivity index (χ4n) is 5.37. The number of rotatable bonds is 9. The van der Waals surface area contributed by atoms with Crippen LogP contribution in [0, 0.1) is 17.8 Å². The van der Waals surface area contributed by atoms with Crippen LogP contribution < -0.4 is 14.2 Å². The molecular formula is C28H34O5. The molecule has 2 fully saturated rings. The summed E-state index contributed by atoms with van der Waals surface area (Å²) in [4.78, 5) is 11.6. The molecule has 1 N–H and O–H groups in total. The van der Waals surface area contributed by atoms with Crippen LogP contribution in [0.3, 0.4) is 0 Å². The van der Waals surface area contributed by atoms with Gasteiger partial charge in [0.25, 0.3) is 0 Å². The first-order valence-corrected chi connectivity index (χ1v) is 12.2. The van der Waals surface area contributed by atoms with Crippen molar-refractivity contribution in [1.82, 2.24) is 0 Å². The lowest BCUT2D eigenvalue weighted by Crippen LogP contribution is -2.37. The van der Waals surface area contributed by atoms with E-state index in [2.05, 4.69) is 19.9 Å². The van der Waals surface area contributed by atoms with E-state index in [0.717, 1.165) is 54.9 Å².